The zero-order valence-corrected chi connectivity index (χ0v) is 16.4. The number of Topliss-reactive ketones (excluding diaryl/α,β-unsaturated/α-hetero) is 1. The van der Waals surface area contributed by atoms with E-state index in [9.17, 15) is 19.7 Å². The van der Waals surface area contributed by atoms with E-state index < -0.39 is 11.0 Å². The third-order valence-corrected chi connectivity index (χ3v) is 4.79. The maximum Gasteiger partial charge on any atom is 0.270 e. The van der Waals surface area contributed by atoms with E-state index in [0.29, 0.717) is 27.7 Å². The largest absolute Gasteiger partial charge is 0.481 e. The third kappa shape index (κ3) is 5.02. The Morgan fingerprint density at radius 2 is 1.93 bits per heavy atom. The molecule has 0 aliphatic carbocycles. The van der Waals surface area contributed by atoms with Gasteiger partial charge in [0, 0.05) is 28.6 Å². The van der Waals surface area contributed by atoms with Crippen molar-refractivity contribution < 1.29 is 19.2 Å². The second kappa shape index (κ2) is 8.61. The lowest BCUT2D eigenvalue weighted by atomic mass is 10.1. The smallest absolute Gasteiger partial charge is 0.270 e. The number of rotatable bonds is 7. The van der Waals surface area contributed by atoms with Gasteiger partial charge in [0.15, 0.2) is 17.0 Å². The van der Waals surface area contributed by atoms with Crippen molar-refractivity contribution in [1.29, 1.82) is 0 Å². The molecule has 0 aliphatic heterocycles. The Balaban J connectivity index is 1.64. The minimum absolute atomic E-state index is 0.0288. The molecule has 3 rings (SSSR count). The second-order valence-corrected chi connectivity index (χ2v) is 7.03. The van der Waals surface area contributed by atoms with Crippen LogP contribution in [0.15, 0.2) is 53.9 Å². The molecule has 1 aromatic heterocycles. The van der Waals surface area contributed by atoms with E-state index in [2.05, 4.69) is 10.3 Å². The van der Waals surface area contributed by atoms with Crippen LogP contribution in [0.3, 0.4) is 0 Å². The summed E-state index contributed by atoms with van der Waals surface area (Å²) in [4.78, 5) is 38.4. The van der Waals surface area contributed by atoms with Crippen LogP contribution in [0.1, 0.15) is 24.2 Å². The lowest BCUT2D eigenvalue weighted by Gasteiger charge is -2.13. The number of nitrogens with zero attached hydrogens (tertiary/aromatic N) is 2. The van der Waals surface area contributed by atoms with Gasteiger partial charge >= 0.3 is 0 Å². The van der Waals surface area contributed by atoms with Gasteiger partial charge in [0.1, 0.15) is 5.75 Å². The number of aromatic nitrogens is 1. The highest BCUT2D eigenvalue weighted by atomic mass is 32.1. The van der Waals surface area contributed by atoms with Gasteiger partial charge < -0.3 is 4.74 Å². The molecule has 1 atom stereocenters. The second-order valence-electron chi connectivity index (χ2n) is 6.18. The Morgan fingerprint density at radius 1 is 1.21 bits per heavy atom. The molecule has 3 aromatic rings. The quantitative estimate of drug-likeness (QED) is 0.352. The number of hydrogen-bond acceptors (Lipinski definition) is 7. The van der Waals surface area contributed by atoms with E-state index in [1.54, 1.807) is 48.7 Å². The normalized spacial score (nSPS) is 11.5. The van der Waals surface area contributed by atoms with Gasteiger partial charge in [-0.3, -0.25) is 25.0 Å². The zero-order valence-electron chi connectivity index (χ0n) is 15.6. The van der Waals surface area contributed by atoms with Crippen molar-refractivity contribution >= 4 is 33.8 Å². The highest BCUT2D eigenvalue weighted by Crippen LogP contribution is 2.27. The van der Waals surface area contributed by atoms with Crippen LogP contribution >= 0.6 is 11.3 Å². The molecule has 1 amide bonds. The molecule has 2 aromatic carbocycles. The molecule has 1 unspecified atom stereocenters. The first-order valence-electron chi connectivity index (χ1n) is 8.62. The number of nitro groups is 1. The van der Waals surface area contributed by atoms with E-state index in [-0.39, 0.29) is 17.4 Å². The van der Waals surface area contributed by atoms with Gasteiger partial charge in [-0.2, -0.15) is 0 Å². The number of ether oxygens (including phenoxy) is 1. The van der Waals surface area contributed by atoms with Crippen LogP contribution in [0.2, 0.25) is 0 Å². The standard InChI is InChI=1S/C20H17N3O5S/c1-12(24)14-6-8-17(9-7-14)28-13(2)19(25)22-20-21-18(11-29-20)15-4-3-5-16(10-15)23(26)27/h3-11,13H,1-2H3,(H,21,22,25). The van der Waals surface area contributed by atoms with Crippen LogP contribution in [0.5, 0.6) is 5.75 Å². The van der Waals surface area contributed by atoms with Gasteiger partial charge in [0.25, 0.3) is 11.6 Å². The van der Waals surface area contributed by atoms with Crippen molar-refractivity contribution in [3.63, 3.8) is 0 Å². The molecule has 0 spiro atoms. The van der Waals surface area contributed by atoms with E-state index in [1.165, 1.54) is 30.4 Å². The van der Waals surface area contributed by atoms with Crippen molar-refractivity contribution in [2.24, 2.45) is 0 Å². The molecule has 148 valence electrons. The molecule has 0 radical (unpaired) electrons. The van der Waals surface area contributed by atoms with Gasteiger partial charge in [-0.15, -0.1) is 11.3 Å². The number of nitrogens with one attached hydrogen (secondary N) is 1. The average Bonchev–Trinajstić information content (AvgIpc) is 3.17. The highest BCUT2D eigenvalue weighted by molar-refractivity contribution is 7.14. The number of nitro benzene ring substituents is 1. The molecule has 0 bridgehead atoms. The minimum Gasteiger partial charge on any atom is -0.481 e. The van der Waals surface area contributed by atoms with E-state index in [4.69, 9.17) is 4.74 Å². The van der Waals surface area contributed by atoms with Crippen molar-refractivity contribution in [3.8, 4) is 17.0 Å². The summed E-state index contributed by atoms with van der Waals surface area (Å²) < 4.78 is 5.60. The van der Waals surface area contributed by atoms with Gasteiger partial charge in [-0.1, -0.05) is 12.1 Å². The fourth-order valence-electron chi connectivity index (χ4n) is 2.48. The summed E-state index contributed by atoms with van der Waals surface area (Å²) in [6.07, 6.45) is -0.789. The van der Waals surface area contributed by atoms with Gasteiger partial charge in [0.05, 0.1) is 10.6 Å². The first-order valence-corrected chi connectivity index (χ1v) is 9.50. The van der Waals surface area contributed by atoms with Crippen LogP contribution in [-0.4, -0.2) is 27.7 Å². The monoisotopic (exact) mass is 411 g/mol. The third-order valence-electron chi connectivity index (χ3n) is 4.03. The Labute approximate surface area is 170 Å². The molecule has 8 nitrogen and oxygen atoms in total. The zero-order chi connectivity index (χ0) is 21.0. The number of hydrogen-bond donors (Lipinski definition) is 1. The Morgan fingerprint density at radius 3 is 2.59 bits per heavy atom. The fourth-order valence-corrected chi connectivity index (χ4v) is 3.20. The predicted molar refractivity (Wildman–Crippen MR) is 109 cm³/mol. The van der Waals surface area contributed by atoms with Crippen molar-refractivity contribution in [2.45, 2.75) is 20.0 Å². The summed E-state index contributed by atoms with van der Waals surface area (Å²) in [5, 5.41) is 15.7. The van der Waals surface area contributed by atoms with Crippen LogP contribution in [-0.2, 0) is 4.79 Å². The number of carbonyl (C=O) groups excluding carboxylic acids is 2. The first kappa shape index (κ1) is 20.2. The number of thiazole rings is 1. The number of non-ortho nitro benzene ring substituents is 1. The molecule has 9 heteroatoms. The molecular weight excluding hydrogens is 394 g/mol. The molecule has 29 heavy (non-hydrogen) atoms. The molecule has 0 fully saturated rings. The van der Waals surface area contributed by atoms with Crippen LogP contribution in [0.25, 0.3) is 11.3 Å². The summed E-state index contributed by atoms with van der Waals surface area (Å²) in [6.45, 7) is 3.07. The lowest BCUT2D eigenvalue weighted by molar-refractivity contribution is -0.384. The van der Waals surface area contributed by atoms with Crippen molar-refractivity contribution in [3.05, 3.63) is 69.6 Å². The summed E-state index contributed by atoms with van der Waals surface area (Å²) in [5.74, 6) is 0.0281. The molecule has 0 saturated carbocycles. The van der Waals surface area contributed by atoms with Gasteiger partial charge in [-0.05, 0) is 38.1 Å². The van der Waals surface area contributed by atoms with Crippen molar-refractivity contribution in [2.75, 3.05) is 5.32 Å². The predicted octanol–water partition coefficient (Wildman–Crippen LogP) is 4.33. The van der Waals surface area contributed by atoms with Crippen LogP contribution < -0.4 is 10.1 Å². The lowest BCUT2D eigenvalue weighted by Crippen LogP contribution is -2.30. The van der Waals surface area contributed by atoms with Gasteiger partial charge in [-0.25, -0.2) is 4.98 Å². The number of ketones is 1. The SMILES string of the molecule is CC(=O)c1ccc(OC(C)C(=O)Nc2nc(-c3cccc([N+](=O)[O-])c3)cs2)cc1. The van der Waals surface area contributed by atoms with E-state index in [0.717, 1.165) is 0 Å². The molecular formula is C20H17N3O5S. The molecule has 0 saturated heterocycles. The molecule has 1 N–H and O–H groups in total. The molecule has 1 heterocycles. The van der Waals surface area contributed by atoms with Crippen LogP contribution in [0.4, 0.5) is 10.8 Å². The van der Waals surface area contributed by atoms with Gasteiger partial charge in [0.2, 0.25) is 0 Å². The Hall–Kier alpha value is -3.59. The topological polar surface area (TPSA) is 111 Å². The number of amides is 1. The summed E-state index contributed by atoms with van der Waals surface area (Å²) in [6, 6.07) is 12.7. The van der Waals surface area contributed by atoms with E-state index >= 15 is 0 Å². The minimum atomic E-state index is -0.789. The number of benzene rings is 2. The van der Waals surface area contributed by atoms with Crippen LogP contribution in [0, 0.1) is 10.1 Å². The summed E-state index contributed by atoms with van der Waals surface area (Å²) in [5.41, 5.74) is 1.65. The summed E-state index contributed by atoms with van der Waals surface area (Å²) in [7, 11) is 0. The maximum atomic E-state index is 12.4. The molecule has 0 aliphatic rings. The average molecular weight is 411 g/mol. The van der Waals surface area contributed by atoms with E-state index in [1.807, 2.05) is 0 Å². The first-order chi connectivity index (χ1) is 13.8. The number of carbonyl (C=O) groups is 2. The summed E-state index contributed by atoms with van der Waals surface area (Å²) >= 11 is 1.21. The van der Waals surface area contributed by atoms with Crippen molar-refractivity contribution in [1.82, 2.24) is 4.98 Å². The number of anilines is 1. The Kier molecular flexibility index (Phi) is 5.99. The fraction of sp³-hybridized carbons (Fsp3) is 0.150. The Bertz CT molecular complexity index is 1060. The maximum absolute atomic E-state index is 12.4. The highest BCUT2D eigenvalue weighted by Gasteiger charge is 2.17.